The van der Waals surface area contributed by atoms with Gasteiger partial charge in [-0.1, -0.05) is 60.7 Å². The summed E-state index contributed by atoms with van der Waals surface area (Å²) in [5.41, 5.74) is 3.20. The van der Waals surface area contributed by atoms with E-state index in [9.17, 15) is 4.79 Å². The molecular weight excluding hydrogens is 364 g/mol. The number of nitrogens with one attached hydrogen (secondary N) is 1. The molecule has 28 heavy (non-hydrogen) atoms. The van der Waals surface area contributed by atoms with Crippen LogP contribution in [0, 0.1) is 0 Å². The molecule has 0 aliphatic heterocycles. The van der Waals surface area contributed by atoms with Crippen molar-refractivity contribution in [1.82, 2.24) is 5.32 Å². The van der Waals surface area contributed by atoms with Gasteiger partial charge in [0.1, 0.15) is 0 Å². The Balaban J connectivity index is 1.49. The van der Waals surface area contributed by atoms with E-state index in [1.807, 2.05) is 60.7 Å². The van der Waals surface area contributed by atoms with Gasteiger partial charge in [0.25, 0.3) is 5.91 Å². The van der Waals surface area contributed by atoms with E-state index in [0.29, 0.717) is 6.54 Å². The van der Waals surface area contributed by atoms with Gasteiger partial charge < -0.3 is 10.2 Å². The summed E-state index contributed by atoms with van der Waals surface area (Å²) in [6.07, 6.45) is 0.899. The van der Waals surface area contributed by atoms with Crippen LogP contribution in [0.5, 0.6) is 0 Å². The fraction of sp³-hybridized carbons (Fsp3) is 0.208. The topological polar surface area (TPSA) is 32.3 Å². The van der Waals surface area contributed by atoms with Gasteiger partial charge in [0.2, 0.25) is 0 Å². The largest absolute Gasteiger partial charge is 0.375 e. The van der Waals surface area contributed by atoms with Crippen LogP contribution in [0.4, 0.5) is 5.69 Å². The summed E-state index contributed by atoms with van der Waals surface area (Å²) in [7, 11) is 2.08. The molecule has 0 bridgehead atoms. The van der Waals surface area contributed by atoms with Gasteiger partial charge in [-0.2, -0.15) is 0 Å². The molecule has 0 aromatic heterocycles. The van der Waals surface area contributed by atoms with Crippen molar-refractivity contribution in [3.63, 3.8) is 0 Å². The monoisotopic (exact) mass is 390 g/mol. The minimum absolute atomic E-state index is 0.00136. The maximum absolute atomic E-state index is 12.7. The molecule has 0 heterocycles. The van der Waals surface area contributed by atoms with Gasteiger partial charge >= 0.3 is 0 Å². The normalized spacial score (nSPS) is 10.5. The van der Waals surface area contributed by atoms with Crippen LogP contribution in [-0.4, -0.2) is 26.0 Å². The van der Waals surface area contributed by atoms with E-state index in [-0.39, 0.29) is 5.91 Å². The second-order valence-electron chi connectivity index (χ2n) is 6.64. The molecule has 3 rings (SSSR count). The minimum atomic E-state index is -0.00136. The zero-order valence-corrected chi connectivity index (χ0v) is 17.0. The highest BCUT2D eigenvalue weighted by Gasteiger charge is 2.11. The van der Waals surface area contributed by atoms with Gasteiger partial charge in [0.15, 0.2) is 0 Å². The smallest absolute Gasteiger partial charge is 0.252 e. The number of hydrogen-bond donors (Lipinski definition) is 1. The van der Waals surface area contributed by atoms with Crippen LogP contribution < -0.4 is 10.2 Å². The number of hydrogen-bond acceptors (Lipinski definition) is 3. The molecule has 0 aliphatic rings. The van der Waals surface area contributed by atoms with E-state index >= 15 is 0 Å². The number of benzene rings is 3. The molecule has 0 aliphatic carbocycles. The zero-order valence-electron chi connectivity index (χ0n) is 16.2. The van der Waals surface area contributed by atoms with Crippen molar-refractivity contribution in [2.75, 3.05) is 25.0 Å². The first-order chi connectivity index (χ1) is 13.7. The summed E-state index contributed by atoms with van der Waals surface area (Å²) in [4.78, 5) is 15.9. The fourth-order valence-electron chi connectivity index (χ4n) is 2.94. The Labute approximate surface area is 171 Å². The lowest BCUT2D eigenvalue weighted by atomic mass is 10.2. The Hall–Kier alpha value is -2.72. The molecule has 4 heteroatoms. The molecule has 1 N–H and O–H groups in total. The second kappa shape index (κ2) is 10.6. The first-order valence-corrected chi connectivity index (χ1v) is 10.5. The number of carbonyl (C=O) groups excluding carboxylic acids is 1. The van der Waals surface area contributed by atoms with E-state index < -0.39 is 0 Å². The number of rotatable bonds is 9. The number of thioether (sulfide) groups is 1. The summed E-state index contributed by atoms with van der Waals surface area (Å²) in [5.74, 6) is 0.853. The van der Waals surface area contributed by atoms with Gasteiger partial charge in [-0.25, -0.2) is 0 Å². The van der Waals surface area contributed by atoms with Crippen molar-refractivity contribution >= 4 is 23.4 Å². The van der Waals surface area contributed by atoms with E-state index in [1.54, 1.807) is 11.8 Å². The molecule has 3 aromatic rings. The van der Waals surface area contributed by atoms with Crippen molar-refractivity contribution in [2.45, 2.75) is 17.1 Å². The number of para-hydroxylation sites is 1. The van der Waals surface area contributed by atoms with Crippen molar-refractivity contribution in [3.8, 4) is 0 Å². The summed E-state index contributed by atoms with van der Waals surface area (Å²) in [6.45, 7) is 1.56. The van der Waals surface area contributed by atoms with Crippen LogP contribution in [0.1, 0.15) is 22.3 Å². The van der Waals surface area contributed by atoms with Crippen molar-refractivity contribution in [2.24, 2.45) is 0 Å². The van der Waals surface area contributed by atoms with E-state index in [1.165, 1.54) is 11.3 Å². The number of carbonyl (C=O) groups is 1. The standard InChI is InChI=1S/C24H26N2OS/c1-26(21-13-6-3-7-14-21)18-10-17-25-24(27)22-15-8-9-16-23(22)28-19-20-11-4-2-5-12-20/h2-9,11-16H,10,17-19H2,1H3,(H,25,27). The molecule has 0 fully saturated rings. The first kappa shape index (κ1) is 20.0. The number of amides is 1. The SMILES string of the molecule is CN(CCCNC(=O)c1ccccc1SCc1ccccc1)c1ccccc1. The van der Waals surface area contributed by atoms with Crippen LogP contribution in [0.3, 0.4) is 0 Å². The second-order valence-corrected chi connectivity index (χ2v) is 7.65. The lowest BCUT2D eigenvalue weighted by Crippen LogP contribution is -2.28. The minimum Gasteiger partial charge on any atom is -0.375 e. The average Bonchev–Trinajstić information content (AvgIpc) is 2.76. The van der Waals surface area contributed by atoms with E-state index in [4.69, 9.17) is 0 Å². The third-order valence-corrected chi connectivity index (χ3v) is 5.67. The molecule has 0 radical (unpaired) electrons. The Bertz CT molecular complexity index is 868. The van der Waals surface area contributed by atoms with Gasteiger partial charge in [0, 0.05) is 36.5 Å². The lowest BCUT2D eigenvalue weighted by Gasteiger charge is -2.19. The van der Waals surface area contributed by atoms with Crippen molar-refractivity contribution < 1.29 is 4.79 Å². The van der Waals surface area contributed by atoms with Gasteiger partial charge in [-0.05, 0) is 36.2 Å². The molecule has 1 amide bonds. The van der Waals surface area contributed by atoms with Crippen molar-refractivity contribution in [1.29, 1.82) is 0 Å². The molecule has 0 saturated heterocycles. The highest BCUT2D eigenvalue weighted by molar-refractivity contribution is 7.98. The molecule has 0 unspecified atom stereocenters. The predicted molar refractivity (Wildman–Crippen MR) is 119 cm³/mol. The number of nitrogens with zero attached hydrogens (tertiary/aromatic N) is 1. The van der Waals surface area contributed by atoms with Crippen LogP contribution in [0.2, 0.25) is 0 Å². The van der Waals surface area contributed by atoms with Crippen LogP contribution >= 0.6 is 11.8 Å². The Morgan fingerprint density at radius 3 is 2.29 bits per heavy atom. The number of anilines is 1. The van der Waals surface area contributed by atoms with E-state index in [2.05, 4.69) is 41.5 Å². The summed E-state index contributed by atoms with van der Waals surface area (Å²) in [5, 5.41) is 3.07. The van der Waals surface area contributed by atoms with Crippen LogP contribution in [0.25, 0.3) is 0 Å². The Morgan fingerprint density at radius 2 is 1.54 bits per heavy atom. The zero-order chi connectivity index (χ0) is 19.6. The lowest BCUT2D eigenvalue weighted by molar-refractivity contribution is 0.0950. The quantitative estimate of drug-likeness (QED) is 0.401. The Kier molecular flexibility index (Phi) is 7.56. The molecule has 3 aromatic carbocycles. The fourth-order valence-corrected chi connectivity index (χ4v) is 3.95. The van der Waals surface area contributed by atoms with E-state index in [0.717, 1.165) is 29.2 Å². The van der Waals surface area contributed by atoms with Crippen LogP contribution in [0.15, 0.2) is 89.8 Å². The molecule has 144 valence electrons. The molecule has 3 nitrogen and oxygen atoms in total. The predicted octanol–water partition coefficient (Wildman–Crippen LogP) is 5.24. The molecule has 0 saturated carbocycles. The Morgan fingerprint density at radius 1 is 0.893 bits per heavy atom. The van der Waals surface area contributed by atoms with Gasteiger partial charge in [0.05, 0.1) is 5.56 Å². The highest BCUT2D eigenvalue weighted by atomic mass is 32.2. The maximum atomic E-state index is 12.7. The summed E-state index contributed by atoms with van der Waals surface area (Å²) >= 11 is 1.70. The molecular formula is C24H26N2OS. The third-order valence-electron chi connectivity index (χ3n) is 4.52. The molecule has 0 atom stereocenters. The third kappa shape index (κ3) is 5.89. The molecule has 0 spiro atoms. The van der Waals surface area contributed by atoms with Gasteiger partial charge in [-0.3, -0.25) is 4.79 Å². The van der Waals surface area contributed by atoms with Gasteiger partial charge in [-0.15, -0.1) is 11.8 Å². The maximum Gasteiger partial charge on any atom is 0.252 e. The average molecular weight is 391 g/mol. The highest BCUT2D eigenvalue weighted by Crippen LogP contribution is 2.26. The summed E-state index contributed by atoms with van der Waals surface area (Å²) < 4.78 is 0. The summed E-state index contributed by atoms with van der Waals surface area (Å²) in [6, 6.07) is 28.4. The van der Waals surface area contributed by atoms with Crippen molar-refractivity contribution in [3.05, 3.63) is 96.1 Å². The first-order valence-electron chi connectivity index (χ1n) is 9.54. The van der Waals surface area contributed by atoms with Crippen LogP contribution in [-0.2, 0) is 5.75 Å².